The number of nitrogens with one attached hydrogen (secondary N) is 1. The Morgan fingerprint density at radius 1 is 1.20 bits per heavy atom. The number of nitrogens with two attached hydrogens (primary N) is 1. The molecule has 2 aromatic carbocycles. The van der Waals surface area contributed by atoms with Crippen LogP contribution in [0.2, 0.25) is 0 Å². The number of benzene rings is 2. The first-order chi connectivity index (χ1) is 11.9. The average molecular weight is 344 g/mol. The summed E-state index contributed by atoms with van der Waals surface area (Å²) >= 11 is 0. The van der Waals surface area contributed by atoms with E-state index < -0.39 is 30.8 Å². The summed E-state index contributed by atoms with van der Waals surface area (Å²) in [5.41, 5.74) is 7.67. The number of rotatable bonds is 7. The van der Waals surface area contributed by atoms with Crippen LogP contribution in [0.25, 0.3) is 0 Å². The number of para-hydroxylation sites is 1. The smallest absolute Gasteiger partial charge is 0.261 e. The predicted octanol–water partition coefficient (Wildman–Crippen LogP) is 1.56. The minimum Gasteiger partial charge on any atom is -0.481 e. The number of ether oxygens (including phenoxy) is 1. The molecule has 0 radical (unpaired) electrons. The third-order valence-corrected chi connectivity index (χ3v) is 3.95. The Morgan fingerprint density at radius 2 is 1.84 bits per heavy atom. The molecule has 0 aliphatic carbocycles. The Kier molecular flexibility index (Phi) is 6.38. The van der Waals surface area contributed by atoms with Crippen LogP contribution in [-0.4, -0.2) is 34.9 Å². The summed E-state index contributed by atoms with van der Waals surface area (Å²) in [4.78, 5) is 12.3. The van der Waals surface area contributed by atoms with Crippen LogP contribution >= 0.6 is 0 Å². The third-order valence-electron chi connectivity index (χ3n) is 3.95. The SMILES string of the molecule is Cc1ccccc1OC(C)C(=O)NC(CO)C(O)c1ccc(N)cc1. The van der Waals surface area contributed by atoms with Crippen molar-refractivity contribution < 1.29 is 19.7 Å². The Labute approximate surface area is 147 Å². The maximum atomic E-state index is 12.3. The maximum Gasteiger partial charge on any atom is 0.261 e. The molecule has 0 heterocycles. The van der Waals surface area contributed by atoms with Gasteiger partial charge < -0.3 is 26.0 Å². The van der Waals surface area contributed by atoms with E-state index in [1.54, 1.807) is 37.3 Å². The van der Waals surface area contributed by atoms with Crippen molar-refractivity contribution in [1.82, 2.24) is 5.32 Å². The fourth-order valence-electron chi connectivity index (χ4n) is 2.38. The van der Waals surface area contributed by atoms with Crippen LogP contribution in [0.5, 0.6) is 5.75 Å². The molecule has 5 N–H and O–H groups in total. The van der Waals surface area contributed by atoms with Crippen LogP contribution in [0.4, 0.5) is 5.69 Å². The van der Waals surface area contributed by atoms with Gasteiger partial charge in [-0.1, -0.05) is 30.3 Å². The Bertz CT molecular complexity index is 703. The lowest BCUT2D eigenvalue weighted by Gasteiger charge is -2.25. The molecule has 0 aliphatic rings. The van der Waals surface area contributed by atoms with Crippen LogP contribution < -0.4 is 15.8 Å². The zero-order valence-corrected chi connectivity index (χ0v) is 14.3. The van der Waals surface area contributed by atoms with E-state index in [1.165, 1.54) is 0 Å². The lowest BCUT2D eigenvalue weighted by atomic mass is 10.0. The predicted molar refractivity (Wildman–Crippen MR) is 96.1 cm³/mol. The molecule has 0 fully saturated rings. The zero-order valence-electron chi connectivity index (χ0n) is 14.3. The van der Waals surface area contributed by atoms with E-state index in [1.807, 2.05) is 25.1 Å². The number of carbonyl (C=O) groups is 1. The fourth-order valence-corrected chi connectivity index (χ4v) is 2.38. The van der Waals surface area contributed by atoms with Gasteiger partial charge in [-0.2, -0.15) is 0 Å². The molecule has 0 aliphatic heterocycles. The molecule has 2 aromatic rings. The van der Waals surface area contributed by atoms with Gasteiger partial charge in [0.15, 0.2) is 6.10 Å². The molecular formula is C19H24N2O4. The quantitative estimate of drug-likeness (QED) is 0.571. The highest BCUT2D eigenvalue weighted by Crippen LogP contribution is 2.20. The lowest BCUT2D eigenvalue weighted by molar-refractivity contribution is -0.129. The zero-order chi connectivity index (χ0) is 18.4. The van der Waals surface area contributed by atoms with Crippen molar-refractivity contribution in [2.75, 3.05) is 12.3 Å². The molecule has 6 heteroatoms. The number of aliphatic hydroxyl groups is 2. The molecule has 0 saturated carbocycles. The number of hydrogen-bond donors (Lipinski definition) is 4. The Balaban J connectivity index is 2.01. The fraction of sp³-hybridized carbons (Fsp3) is 0.316. The molecule has 6 nitrogen and oxygen atoms in total. The summed E-state index contributed by atoms with van der Waals surface area (Å²) in [6.45, 7) is 3.10. The highest BCUT2D eigenvalue weighted by Gasteiger charge is 2.25. The number of aryl methyl sites for hydroxylation is 1. The van der Waals surface area contributed by atoms with Gasteiger partial charge in [0.05, 0.1) is 12.6 Å². The summed E-state index contributed by atoms with van der Waals surface area (Å²) in [7, 11) is 0. The van der Waals surface area contributed by atoms with Crippen LogP contribution in [0.15, 0.2) is 48.5 Å². The minimum atomic E-state index is -1.06. The summed E-state index contributed by atoms with van der Waals surface area (Å²) in [5, 5.41) is 22.5. The van der Waals surface area contributed by atoms with E-state index >= 15 is 0 Å². The van der Waals surface area contributed by atoms with Gasteiger partial charge in [0.25, 0.3) is 5.91 Å². The molecular weight excluding hydrogens is 320 g/mol. The van der Waals surface area contributed by atoms with E-state index in [2.05, 4.69) is 5.32 Å². The number of aliphatic hydroxyl groups excluding tert-OH is 2. The van der Waals surface area contributed by atoms with Crippen molar-refractivity contribution in [2.45, 2.75) is 32.1 Å². The first-order valence-electron chi connectivity index (χ1n) is 8.09. The Hall–Kier alpha value is -2.57. The lowest BCUT2D eigenvalue weighted by Crippen LogP contribution is -2.47. The van der Waals surface area contributed by atoms with Crippen LogP contribution in [0.3, 0.4) is 0 Å². The standard InChI is InChI=1S/C19H24N2O4/c1-12-5-3-4-6-17(12)25-13(2)19(24)21-16(11-22)18(23)14-7-9-15(20)10-8-14/h3-10,13,16,18,22-23H,11,20H2,1-2H3,(H,21,24). The number of nitrogen functional groups attached to an aromatic ring is 1. The van der Waals surface area contributed by atoms with Gasteiger partial charge in [-0.25, -0.2) is 0 Å². The maximum absolute atomic E-state index is 12.3. The monoisotopic (exact) mass is 344 g/mol. The van der Waals surface area contributed by atoms with E-state index in [-0.39, 0.29) is 0 Å². The van der Waals surface area contributed by atoms with E-state index in [0.29, 0.717) is 17.0 Å². The Morgan fingerprint density at radius 3 is 2.44 bits per heavy atom. The number of carbonyl (C=O) groups excluding carboxylic acids is 1. The van der Waals surface area contributed by atoms with Crippen LogP contribution in [-0.2, 0) is 4.79 Å². The second-order valence-corrected chi connectivity index (χ2v) is 5.93. The normalized spacial score (nSPS) is 14.4. The molecule has 3 atom stereocenters. The largest absolute Gasteiger partial charge is 0.481 e. The van der Waals surface area contributed by atoms with Crippen molar-refractivity contribution in [3.05, 3.63) is 59.7 Å². The highest BCUT2D eigenvalue weighted by molar-refractivity contribution is 5.81. The summed E-state index contributed by atoms with van der Waals surface area (Å²) < 4.78 is 5.66. The summed E-state index contributed by atoms with van der Waals surface area (Å²) in [5.74, 6) is 0.196. The number of amides is 1. The van der Waals surface area contributed by atoms with Crippen LogP contribution in [0.1, 0.15) is 24.2 Å². The minimum absolute atomic E-state index is 0.408. The molecule has 25 heavy (non-hydrogen) atoms. The van der Waals surface area contributed by atoms with E-state index in [4.69, 9.17) is 10.5 Å². The number of anilines is 1. The van der Waals surface area contributed by atoms with Crippen molar-refractivity contribution in [2.24, 2.45) is 0 Å². The van der Waals surface area contributed by atoms with Gasteiger partial charge in [0, 0.05) is 5.69 Å². The second kappa shape index (κ2) is 8.50. The van der Waals surface area contributed by atoms with Gasteiger partial charge in [-0.3, -0.25) is 4.79 Å². The first kappa shape index (κ1) is 18.8. The molecule has 0 aromatic heterocycles. The highest BCUT2D eigenvalue weighted by atomic mass is 16.5. The average Bonchev–Trinajstić information content (AvgIpc) is 2.61. The van der Waals surface area contributed by atoms with Crippen molar-refractivity contribution in [1.29, 1.82) is 0 Å². The summed E-state index contributed by atoms with van der Waals surface area (Å²) in [6.07, 6.45) is -1.83. The molecule has 0 bridgehead atoms. The van der Waals surface area contributed by atoms with Crippen molar-refractivity contribution in [3.63, 3.8) is 0 Å². The van der Waals surface area contributed by atoms with Gasteiger partial charge in [0.2, 0.25) is 0 Å². The van der Waals surface area contributed by atoms with Crippen molar-refractivity contribution >= 4 is 11.6 Å². The van der Waals surface area contributed by atoms with E-state index in [0.717, 1.165) is 5.56 Å². The molecule has 0 spiro atoms. The van der Waals surface area contributed by atoms with Crippen LogP contribution in [0, 0.1) is 6.92 Å². The molecule has 134 valence electrons. The molecule has 3 unspecified atom stereocenters. The van der Waals surface area contributed by atoms with Gasteiger partial charge in [-0.15, -0.1) is 0 Å². The van der Waals surface area contributed by atoms with Gasteiger partial charge in [-0.05, 0) is 43.2 Å². The van der Waals surface area contributed by atoms with E-state index in [9.17, 15) is 15.0 Å². The first-order valence-corrected chi connectivity index (χ1v) is 8.09. The summed E-state index contributed by atoms with van der Waals surface area (Å²) in [6, 6.07) is 13.2. The number of hydrogen-bond acceptors (Lipinski definition) is 5. The van der Waals surface area contributed by atoms with Gasteiger partial charge >= 0.3 is 0 Å². The molecule has 0 saturated heterocycles. The van der Waals surface area contributed by atoms with Crippen molar-refractivity contribution in [3.8, 4) is 5.75 Å². The second-order valence-electron chi connectivity index (χ2n) is 5.93. The molecule has 2 rings (SSSR count). The van der Waals surface area contributed by atoms with Gasteiger partial charge in [0.1, 0.15) is 11.9 Å². The third kappa shape index (κ3) is 4.95. The topological polar surface area (TPSA) is 105 Å². The molecule has 1 amide bonds.